The number of halogens is 3. The topological polar surface area (TPSA) is 58.2 Å². The monoisotopic (exact) mass is 386 g/mol. The first-order valence-electron chi connectivity index (χ1n) is 6.18. The molecule has 0 spiro atoms. The van der Waals surface area contributed by atoms with Gasteiger partial charge in [-0.1, -0.05) is 12.5 Å². The van der Waals surface area contributed by atoms with E-state index in [-0.39, 0.29) is 34.4 Å². The van der Waals surface area contributed by atoms with E-state index in [1.54, 1.807) is 0 Å². The van der Waals surface area contributed by atoms with Crippen molar-refractivity contribution in [3.05, 3.63) is 28.5 Å². The van der Waals surface area contributed by atoms with Gasteiger partial charge in [-0.15, -0.1) is 12.4 Å². The van der Waals surface area contributed by atoms with Crippen LogP contribution in [0.3, 0.4) is 0 Å². The molecule has 1 aromatic rings. The Morgan fingerprint density at radius 1 is 1.40 bits per heavy atom. The van der Waals surface area contributed by atoms with E-state index in [1.165, 1.54) is 12.1 Å². The quantitative estimate of drug-likeness (QED) is 0.834. The first-order chi connectivity index (χ1) is 9.00. The molecule has 1 aliphatic rings. The largest absolute Gasteiger partial charge is 0.313 e. The van der Waals surface area contributed by atoms with E-state index >= 15 is 0 Å². The molecule has 20 heavy (non-hydrogen) atoms. The van der Waals surface area contributed by atoms with Gasteiger partial charge in [0.2, 0.25) is 10.0 Å². The Morgan fingerprint density at radius 3 is 2.75 bits per heavy atom. The number of nitrogens with one attached hydrogen (secondary N) is 2. The van der Waals surface area contributed by atoms with Crippen LogP contribution < -0.4 is 10.0 Å². The molecule has 114 valence electrons. The number of hydrogen-bond donors (Lipinski definition) is 2. The Morgan fingerprint density at radius 2 is 2.15 bits per heavy atom. The van der Waals surface area contributed by atoms with Gasteiger partial charge in [-0.2, -0.15) is 0 Å². The highest BCUT2D eigenvalue weighted by Gasteiger charge is 2.23. The summed E-state index contributed by atoms with van der Waals surface area (Å²) in [5.74, 6) is -0.751. The summed E-state index contributed by atoms with van der Waals surface area (Å²) in [5, 5.41) is 3.24. The van der Waals surface area contributed by atoms with Gasteiger partial charge in [0.1, 0.15) is 10.7 Å². The average molecular weight is 388 g/mol. The Bertz CT molecular complexity index is 530. The van der Waals surface area contributed by atoms with Crippen molar-refractivity contribution in [3.8, 4) is 0 Å². The van der Waals surface area contributed by atoms with Crippen LogP contribution in [0.1, 0.15) is 19.3 Å². The molecule has 1 saturated heterocycles. The van der Waals surface area contributed by atoms with Crippen LogP contribution in [0.15, 0.2) is 27.6 Å². The zero-order valence-corrected chi connectivity index (χ0v) is 14.0. The van der Waals surface area contributed by atoms with Crippen LogP contribution in [0, 0.1) is 5.82 Å². The molecule has 1 fully saturated rings. The molecular formula is C12H17BrClFN2O2S. The van der Waals surface area contributed by atoms with Crippen LogP contribution in [-0.4, -0.2) is 27.5 Å². The number of benzene rings is 1. The van der Waals surface area contributed by atoms with Gasteiger partial charge in [0.25, 0.3) is 0 Å². The van der Waals surface area contributed by atoms with Gasteiger partial charge >= 0.3 is 0 Å². The van der Waals surface area contributed by atoms with Crippen molar-refractivity contribution in [2.75, 3.05) is 13.1 Å². The van der Waals surface area contributed by atoms with Crippen LogP contribution in [0.4, 0.5) is 4.39 Å². The fourth-order valence-electron chi connectivity index (χ4n) is 2.12. The molecule has 1 heterocycles. The molecule has 0 radical (unpaired) electrons. The molecule has 0 aliphatic carbocycles. The minimum atomic E-state index is -3.83. The minimum Gasteiger partial charge on any atom is -0.313 e. The Kier molecular flexibility index (Phi) is 6.87. The van der Waals surface area contributed by atoms with Gasteiger partial charge in [0, 0.05) is 17.1 Å². The van der Waals surface area contributed by atoms with Crippen molar-refractivity contribution < 1.29 is 12.8 Å². The molecule has 1 atom stereocenters. The molecule has 1 aromatic carbocycles. The molecule has 2 rings (SSSR count). The summed E-state index contributed by atoms with van der Waals surface area (Å²) in [6.45, 7) is 1.18. The zero-order chi connectivity index (χ0) is 13.9. The molecular weight excluding hydrogens is 371 g/mol. The number of sulfonamides is 1. The third-order valence-electron chi connectivity index (χ3n) is 3.12. The van der Waals surface area contributed by atoms with E-state index in [2.05, 4.69) is 26.0 Å². The van der Waals surface area contributed by atoms with Gasteiger partial charge in [0.15, 0.2) is 0 Å². The smallest absolute Gasteiger partial charge is 0.244 e. The summed E-state index contributed by atoms with van der Waals surface area (Å²) in [4.78, 5) is -0.328. The molecule has 0 saturated carbocycles. The van der Waals surface area contributed by atoms with Crippen molar-refractivity contribution in [1.29, 1.82) is 0 Å². The second kappa shape index (κ2) is 7.70. The molecule has 1 unspecified atom stereocenters. The first-order valence-corrected chi connectivity index (χ1v) is 8.45. The van der Waals surface area contributed by atoms with Crippen molar-refractivity contribution in [2.24, 2.45) is 0 Å². The highest BCUT2D eigenvalue weighted by molar-refractivity contribution is 9.10. The summed E-state index contributed by atoms with van der Waals surface area (Å²) in [5.41, 5.74) is 0. The van der Waals surface area contributed by atoms with E-state index < -0.39 is 15.8 Å². The average Bonchev–Trinajstić information content (AvgIpc) is 2.37. The predicted octanol–water partition coefficient (Wildman–Crippen LogP) is 2.43. The molecule has 8 heteroatoms. The van der Waals surface area contributed by atoms with Crippen LogP contribution in [-0.2, 0) is 10.0 Å². The maximum atomic E-state index is 13.6. The molecule has 4 nitrogen and oxygen atoms in total. The number of piperidine rings is 1. The summed E-state index contributed by atoms with van der Waals surface area (Å²) in [6.07, 6.45) is 3.13. The second-order valence-corrected chi connectivity index (χ2v) is 7.11. The lowest BCUT2D eigenvalue weighted by Gasteiger charge is -2.23. The number of hydrogen-bond acceptors (Lipinski definition) is 3. The van der Waals surface area contributed by atoms with E-state index in [0.29, 0.717) is 0 Å². The fraction of sp³-hybridized carbons (Fsp3) is 0.500. The van der Waals surface area contributed by atoms with Crippen LogP contribution in [0.2, 0.25) is 0 Å². The highest BCUT2D eigenvalue weighted by Crippen LogP contribution is 2.24. The van der Waals surface area contributed by atoms with Crippen LogP contribution in [0.25, 0.3) is 0 Å². The maximum absolute atomic E-state index is 13.6. The summed E-state index contributed by atoms with van der Waals surface area (Å²) >= 11 is 3.07. The predicted molar refractivity (Wildman–Crippen MR) is 82.2 cm³/mol. The molecule has 0 amide bonds. The van der Waals surface area contributed by atoms with Crippen molar-refractivity contribution in [2.45, 2.75) is 30.2 Å². The molecule has 0 aromatic heterocycles. The normalized spacial score (nSPS) is 19.4. The lowest BCUT2D eigenvalue weighted by molar-refractivity contribution is 0.398. The number of rotatable bonds is 4. The molecule has 1 aliphatic heterocycles. The third kappa shape index (κ3) is 4.39. The Balaban J connectivity index is 0.00000200. The first kappa shape index (κ1) is 17.8. The van der Waals surface area contributed by atoms with E-state index in [0.717, 1.165) is 31.9 Å². The summed E-state index contributed by atoms with van der Waals surface area (Å²) < 4.78 is 40.6. The zero-order valence-electron chi connectivity index (χ0n) is 10.7. The molecule has 0 bridgehead atoms. The van der Waals surface area contributed by atoms with Crippen molar-refractivity contribution >= 4 is 38.4 Å². The maximum Gasteiger partial charge on any atom is 0.244 e. The van der Waals surface area contributed by atoms with Crippen LogP contribution in [0.5, 0.6) is 0 Å². The third-order valence-corrected chi connectivity index (χ3v) is 5.54. The lowest BCUT2D eigenvalue weighted by Crippen LogP contribution is -2.43. The highest BCUT2D eigenvalue weighted by atomic mass is 79.9. The Hall–Kier alpha value is -0.210. The standard InChI is InChI=1S/C12H16BrFN2O2S.ClH/c13-10-5-3-6-11(14)12(10)19(17,18)16-8-9-4-1-2-7-15-9;/h3,5-6,9,15-16H,1-2,4,7-8H2;1H. The summed E-state index contributed by atoms with van der Waals surface area (Å²) in [7, 11) is -3.83. The fourth-order valence-corrected chi connectivity index (χ4v) is 4.32. The van der Waals surface area contributed by atoms with Gasteiger partial charge < -0.3 is 5.32 Å². The van der Waals surface area contributed by atoms with Gasteiger partial charge in [-0.05, 0) is 47.4 Å². The van der Waals surface area contributed by atoms with Crippen molar-refractivity contribution in [1.82, 2.24) is 10.0 Å². The van der Waals surface area contributed by atoms with E-state index in [4.69, 9.17) is 0 Å². The SMILES string of the molecule is Cl.O=S(=O)(NCC1CCCCN1)c1c(F)cccc1Br. The van der Waals surface area contributed by atoms with E-state index in [9.17, 15) is 12.8 Å². The second-order valence-electron chi connectivity index (χ2n) is 4.55. The molecule has 2 N–H and O–H groups in total. The van der Waals surface area contributed by atoms with Gasteiger partial charge in [0.05, 0.1) is 0 Å². The minimum absolute atomic E-state index is 0. The summed E-state index contributed by atoms with van der Waals surface area (Å²) in [6, 6.07) is 4.23. The Labute approximate surface area is 133 Å². The van der Waals surface area contributed by atoms with Gasteiger partial charge in [-0.25, -0.2) is 17.5 Å². The van der Waals surface area contributed by atoms with Gasteiger partial charge in [-0.3, -0.25) is 0 Å². The van der Waals surface area contributed by atoms with Crippen molar-refractivity contribution in [3.63, 3.8) is 0 Å². The van der Waals surface area contributed by atoms with E-state index in [1.807, 2.05) is 0 Å². The van der Waals surface area contributed by atoms with Crippen LogP contribution >= 0.6 is 28.3 Å². The lowest BCUT2D eigenvalue weighted by atomic mass is 10.1.